The Morgan fingerprint density at radius 1 is 0.526 bits per heavy atom. The van der Waals surface area contributed by atoms with E-state index >= 15 is 0 Å². The lowest BCUT2D eigenvalue weighted by atomic mass is 10.1. The number of allylic oxidation sites excluding steroid dienone is 14. The van der Waals surface area contributed by atoms with Crippen molar-refractivity contribution in [2.45, 2.75) is 167 Å². The number of nitrogens with zero attached hydrogens (tertiary/aromatic N) is 1. The van der Waals surface area contributed by atoms with Crippen LogP contribution in [0.5, 0.6) is 0 Å². The molecule has 0 N–H and O–H groups in total. The van der Waals surface area contributed by atoms with Crippen LogP contribution in [0.4, 0.5) is 0 Å². The van der Waals surface area contributed by atoms with E-state index < -0.39 is 18.1 Å². The third kappa shape index (κ3) is 37.8. The van der Waals surface area contributed by atoms with Gasteiger partial charge in [0.05, 0.1) is 40.3 Å². The maximum atomic E-state index is 12.7. The van der Waals surface area contributed by atoms with Crippen molar-refractivity contribution in [1.29, 1.82) is 0 Å². The first-order valence-corrected chi connectivity index (χ1v) is 22.1. The van der Waals surface area contributed by atoms with Crippen LogP contribution in [-0.4, -0.2) is 75.5 Å². The quantitative estimate of drug-likeness (QED) is 0.0265. The molecule has 0 spiro atoms. The number of carboxylic acids is 1. The van der Waals surface area contributed by atoms with E-state index in [2.05, 4.69) is 98.9 Å². The minimum Gasteiger partial charge on any atom is -0.544 e. The van der Waals surface area contributed by atoms with Crippen LogP contribution in [0.15, 0.2) is 85.1 Å². The Labute approximate surface area is 348 Å². The molecule has 0 amide bonds. The van der Waals surface area contributed by atoms with Crippen LogP contribution in [0.1, 0.15) is 155 Å². The summed E-state index contributed by atoms with van der Waals surface area (Å²) >= 11 is 0. The lowest BCUT2D eigenvalue weighted by Gasteiger charge is -2.34. The lowest BCUT2D eigenvalue weighted by molar-refractivity contribution is -0.889. The van der Waals surface area contributed by atoms with Crippen LogP contribution in [-0.2, 0) is 28.6 Å². The maximum absolute atomic E-state index is 12.7. The van der Waals surface area contributed by atoms with Crippen molar-refractivity contribution in [1.82, 2.24) is 0 Å². The second-order valence-corrected chi connectivity index (χ2v) is 15.5. The van der Waals surface area contributed by atoms with Gasteiger partial charge in [-0.15, -0.1) is 0 Å². The lowest BCUT2D eigenvalue weighted by Crippen LogP contribution is -2.55. The van der Waals surface area contributed by atoms with Crippen molar-refractivity contribution in [3.05, 3.63) is 85.1 Å². The normalized spacial score (nSPS) is 13.8. The highest BCUT2D eigenvalue weighted by Crippen LogP contribution is 2.13. The molecule has 324 valence electrons. The van der Waals surface area contributed by atoms with Crippen LogP contribution in [0.25, 0.3) is 0 Å². The smallest absolute Gasteiger partial charge is 0.306 e. The summed E-state index contributed by atoms with van der Waals surface area (Å²) in [5, 5.41) is 11.6. The number of likely N-dealkylation sites (N-methyl/N-ethyl adjacent to an activating group) is 1. The molecule has 0 heterocycles. The molecule has 0 saturated carbocycles. The van der Waals surface area contributed by atoms with Gasteiger partial charge in [-0.05, 0) is 83.5 Å². The van der Waals surface area contributed by atoms with E-state index in [1.807, 2.05) is 0 Å². The van der Waals surface area contributed by atoms with Crippen LogP contribution < -0.4 is 5.11 Å². The summed E-state index contributed by atoms with van der Waals surface area (Å²) in [7, 11) is 5.38. The van der Waals surface area contributed by atoms with Gasteiger partial charge in [0.15, 0.2) is 6.10 Å². The van der Waals surface area contributed by atoms with Gasteiger partial charge in [0, 0.05) is 19.3 Å². The standard InChI is InChI=1S/C49H81NO7/c1-6-8-10-12-14-16-18-20-22-23-24-25-26-28-30-32-34-36-38-40-48(52)57-45(43-55-42-41-46(49(53)54)50(3,4)5)44-56-47(51)39-37-35-33-31-29-27-21-19-17-15-13-11-9-7-2/h8-11,14-17,20,22,24-25,28,30,45-46H,6-7,12-13,18-19,21,23,26-27,29,31-44H2,1-5H3/b10-8+,11-9+,16-14+,17-15+,22-20+,25-24+,30-28+. The van der Waals surface area contributed by atoms with Gasteiger partial charge in [-0.3, -0.25) is 9.59 Å². The zero-order chi connectivity index (χ0) is 42.1. The van der Waals surface area contributed by atoms with Gasteiger partial charge in [-0.1, -0.05) is 137 Å². The minimum absolute atomic E-state index is 0.0195. The molecule has 0 aromatic heterocycles. The molecule has 57 heavy (non-hydrogen) atoms. The van der Waals surface area contributed by atoms with Crippen molar-refractivity contribution >= 4 is 17.9 Å². The van der Waals surface area contributed by atoms with E-state index in [-0.39, 0.29) is 49.1 Å². The van der Waals surface area contributed by atoms with Crippen LogP contribution in [0.2, 0.25) is 0 Å². The monoisotopic (exact) mass is 796 g/mol. The predicted molar refractivity (Wildman–Crippen MR) is 235 cm³/mol. The molecule has 0 aromatic rings. The number of aliphatic carboxylic acids is 1. The summed E-state index contributed by atoms with van der Waals surface area (Å²) in [6, 6.07) is -0.737. The van der Waals surface area contributed by atoms with Crippen molar-refractivity contribution in [3.8, 4) is 0 Å². The highest BCUT2D eigenvalue weighted by molar-refractivity contribution is 5.70. The molecule has 0 bridgehead atoms. The molecule has 0 aliphatic heterocycles. The van der Waals surface area contributed by atoms with Crippen LogP contribution in [0.3, 0.4) is 0 Å². The number of ether oxygens (including phenoxy) is 3. The van der Waals surface area contributed by atoms with Gasteiger partial charge in [0.2, 0.25) is 0 Å². The van der Waals surface area contributed by atoms with Gasteiger partial charge >= 0.3 is 11.9 Å². The Balaban J connectivity index is 4.44. The number of hydrogen-bond acceptors (Lipinski definition) is 7. The largest absolute Gasteiger partial charge is 0.544 e. The molecule has 2 unspecified atom stereocenters. The van der Waals surface area contributed by atoms with Crippen molar-refractivity contribution in [3.63, 3.8) is 0 Å². The van der Waals surface area contributed by atoms with E-state index in [0.29, 0.717) is 12.8 Å². The molecule has 0 rings (SSSR count). The van der Waals surface area contributed by atoms with E-state index in [0.717, 1.165) is 89.9 Å². The Morgan fingerprint density at radius 2 is 0.930 bits per heavy atom. The number of carbonyl (C=O) groups is 3. The SMILES string of the molecule is CC/C=C/C/C=C/C/C=C/C/C=C/C/C=C/CCCCCC(=O)OC(COCCC(C(=O)[O-])[N+](C)(C)C)COC(=O)CCCCCCCCC/C=C/C/C=C/CC. The molecule has 8 nitrogen and oxygen atoms in total. The fourth-order valence-electron chi connectivity index (χ4n) is 5.90. The van der Waals surface area contributed by atoms with Crippen LogP contribution >= 0.6 is 0 Å². The number of carbonyl (C=O) groups excluding carboxylic acids is 3. The Hall–Kier alpha value is -3.49. The average Bonchev–Trinajstić information content (AvgIpc) is 3.17. The molecule has 0 aliphatic carbocycles. The third-order valence-electron chi connectivity index (χ3n) is 9.28. The Morgan fingerprint density at radius 3 is 1.39 bits per heavy atom. The third-order valence-corrected chi connectivity index (χ3v) is 9.28. The molecule has 0 fully saturated rings. The number of quaternary nitrogens is 1. The summed E-state index contributed by atoms with van der Waals surface area (Å²) in [4.78, 5) is 36.9. The van der Waals surface area contributed by atoms with Crippen molar-refractivity contribution in [2.75, 3.05) is 41.0 Å². The van der Waals surface area contributed by atoms with Gasteiger partial charge in [0.25, 0.3) is 0 Å². The van der Waals surface area contributed by atoms with E-state index in [9.17, 15) is 19.5 Å². The fourth-order valence-corrected chi connectivity index (χ4v) is 5.90. The first-order chi connectivity index (χ1) is 27.6. The van der Waals surface area contributed by atoms with Gasteiger partial charge < -0.3 is 28.6 Å². The minimum atomic E-state index is -1.14. The fraction of sp³-hybridized carbons (Fsp3) is 0.653. The average molecular weight is 796 g/mol. The summed E-state index contributed by atoms with van der Waals surface area (Å²) < 4.78 is 17.1. The number of hydrogen-bond donors (Lipinski definition) is 0. The molecule has 8 heteroatoms. The molecular formula is C49H81NO7. The Bertz CT molecular complexity index is 1200. The highest BCUT2D eigenvalue weighted by atomic mass is 16.6. The summed E-state index contributed by atoms with van der Waals surface area (Å²) in [5.41, 5.74) is 0. The predicted octanol–water partition coefficient (Wildman–Crippen LogP) is 10.8. The number of unbranched alkanes of at least 4 members (excludes halogenated alkanes) is 10. The molecule has 0 saturated heterocycles. The van der Waals surface area contributed by atoms with Gasteiger partial charge in [-0.2, -0.15) is 0 Å². The highest BCUT2D eigenvalue weighted by Gasteiger charge is 2.25. The second-order valence-electron chi connectivity index (χ2n) is 15.5. The molecule has 2 atom stereocenters. The zero-order valence-electron chi connectivity index (χ0n) is 36.7. The zero-order valence-corrected chi connectivity index (χ0v) is 36.7. The van der Waals surface area contributed by atoms with Gasteiger partial charge in [-0.25, -0.2) is 0 Å². The number of rotatable bonds is 38. The Kier molecular flexibility index (Phi) is 36.9. The molecule has 0 aromatic carbocycles. The topological polar surface area (TPSA) is 102 Å². The summed E-state index contributed by atoms with van der Waals surface area (Å²) in [5.74, 6) is -1.80. The van der Waals surface area contributed by atoms with E-state index in [1.165, 1.54) is 25.7 Å². The summed E-state index contributed by atoms with van der Waals surface area (Å²) in [6.07, 6.45) is 50.3. The second kappa shape index (κ2) is 39.3. The first kappa shape index (κ1) is 53.5. The molecule has 0 radical (unpaired) electrons. The maximum Gasteiger partial charge on any atom is 0.306 e. The summed E-state index contributed by atoms with van der Waals surface area (Å²) in [6.45, 7) is 4.38. The van der Waals surface area contributed by atoms with Crippen molar-refractivity contribution < 1.29 is 38.2 Å². The number of esters is 2. The van der Waals surface area contributed by atoms with Crippen molar-refractivity contribution in [2.24, 2.45) is 0 Å². The first-order valence-electron chi connectivity index (χ1n) is 22.1. The van der Waals surface area contributed by atoms with Gasteiger partial charge in [0.1, 0.15) is 12.6 Å². The van der Waals surface area contributed by atoms with E-state index in [4.69, 9.17) is 14.2 Å². The number of carboxylic acid groups (broad SMARTS) is 1. The van der Waals surface area contributed by atoms with Crippen LogP contribution in [0, 0.1) is 0 Å². The van der Waals surface area contributed by atoms with E-state index in [1.54, 1.807) is 21.1 Å². The molecular weight excluding hydrogens is 715 g/mol. The molecule has 0 aliphatic rings.